The molecular formula is C14H21BN2O2. The lowest BCUT2D eigenvalue weighted by Gasteiger charge is -2.32. The smallest absolute Gasteiger partial charge is 0.399 e. The van der Waals surface area contributed by atoms with E-state index in [1.54, 1.807) is 0 Å². The molecule has 1 aromatic heterocycles. The predicted molar refractivity (Wildman–Crippen MR) is 75.6 cm³/mol. The highest BCUT2D eigenvalue weighted by Crippen LogP contribution is 2.36. The van der Waals surface area contributed by atoms with Gasteiger partial charge in [-0.25, -0.2) is 0 Å². The van der Waals surface area contributed by atoms with Crippen molar-refractivity contribution in [3.63, 3.8) is 0 Å². The molecule has 0 aliphatic carbocycles. The molecule has 0 aromatic carbocycles. The van der Waals surface area contributed by atoms with Crippen LogP contribution in [0.1, 0.15) is 39.3 Å². The molecule has 0 radical (unpaired) electrons. The van der Waals surface area contributed by atoms with Gasteiger partial charge in [0.15, 0.2) is 0 Å². The van der Waals surface area contributed by atoms with Gasteiger partial charge in [0, 0.05) is 36.4 Å². The van der Waals surface area contributed by atoms with E-state index in [1.807, 2.05) is 6.20 Å². The molecule has 0 atom stereocenters. The first kappa shape index (κ1) is 13.1. The summed E-state index contributed by atoms with van der Waals surface area (Å²) < 4.78 is 12.0. The molecule has 0 unspecified atom stereocenters. The van der Waals surface area contributed by atoms with E-state index >= 15 is 0 Å². The Bertz CT molecular complexity index is 453. The van der Waals surface area contributed by atoms with Crippen LogP contribution in [-0.4, -0.2) is 36.4 Å². The zero-order valence-electron chi connectivity index (χ0n) is 12.1. The van der Waals surface area contributed by atoms with Crippen molar-refractivity contribution in [1.29, 1.82) is 0 Å². The molecule has 0 bridgehead atoms. The van der Waals surface area contributed by atoms with E-state index in [0.29, 0.717) is 5.92 Å². The van der Waals surface area contributed by atoms with Gasteiger partial charge in [0.2, 0.25) is 0 Å². The average Bonchev–Trinajstić information content (AvgIpc) is 2.47. The van der Waals surface area contributed by atoms with Gasteiger partial charge in [0.1, 0.15) is 0 Å². The Balaban J connectivity index is 1.76. The molecule has 2 aliphatic heterocycles. The highest BCUT2D eigenvalue weighted by atomic mass is 16.7. The van der Waals surface area contributed by atoms with Gasteiger partial charge in [-0.2, -0.15) is 0 Å². The van der Waals surface area contributed by atoms with Crippen molar-refractivity contribution in [3.05, 3.63) is 24.0 Å². The maximum absolute atomic E-state index is 6.02. The van der Waals surface area contributed by atoms with E-state index in [9.17, 15) is 0 Å². The van der Waals surface area contributed by atoms with E-state index in [1.165, 1.54) is 0 Å². The van der Waals surface area contributed by atoms with Crippen molar-refractivity contribution < 1.29 is 9.31 Å². The predicted octanol–water partition coefficient (Wildman–Crippen LogP) is 1.07. The lowest BCUT2D eigenvalue weighted by Crippen LogP contribution is -2.41. The first-order valence-electron chi connectivity index (χ1n) is 6.91. The maximum Gasteiger partial charge on any atom is 0.496 e. The normalized spacial score (nSPS) is 25.4. The van der Waals surface area contributed by atoms with Crippen LogP contribution in [0.2, 0.25) is 0 Å². The van der Waals surface area contributed by atoms with Gasteiger partial charge in [-0.1, -0.05) is 6.07 Å². The van der Waals surface area contributed by atoms with Gasteiger partial charge in [0.05, 0.1) is 11.2 Å². The molecule has 0 spiro atoms. The number of hydrogen-bond donors (Lipinski definition) is 1. The quantitative estimate of drug-likeness (QED) is 0.808. The minimum Gasteiger partial charge on any atom is -0.399 e. The molecule has 3 rings (SSSR count). The van der Waals surface area contributed by atoms with Crippen LogP contribution >= 0.6 is 0 Å². The molecule has 2 aliphatic rings. The van der Waals surface area contributed by atoms with Crippen LogP contribution in [0.25, 0.3) is 0 Å². The fraction of sp³-hybridized carbons (Fsp3) is 0.643. The van der Waals surface area contributed by atoms with Gasteiger partial charge < -0.3 is 14.6 Å². The third kappa shape index (κ3) is 2.20. The Morgan fingerprint density at radius 2 is 1.79 bits per heavy atom. The Morgan fingerprint density at radius 3 is 2.21 bits per heavy atom. The van der Waals surface area contributed by atoms with Crippen LogP contribution < -0.4 is 10.8 Å². The third-order valence-corrected chi connectivity index (χ3v) is 4.53. The number of hydrogen-bond acceptors (Lipinski definition) is 4. The standard InChI is InChI=1S/C14H21BN2O2/c1-13(2)14(3,4)19-15(18-13)11-5-6-12(17-9-11)10-7-16-8-10/h5-6,9-10,16H,7-8H2,1-4H3. The summed E-state index contributed by atoms with van der Waals surface area (Å²) >= 11 is 0. The van der Waals surface area contributed by atoms with Crippen molar-refractivity contribution in [2.75, 3.05) is 13.1 Å². The lowest BCUT2D eigenvalue weighted by molar-refractivity contribution is 0.00578. The number of pyridine rings is 1. The molecule has 3 heterocycles. The average molecular weight is 260 g/mol. The van der Waals surface area contributed by atoms with Gasteiger partial charge in [-0.3, -0.25) is 4.98 Å². The van der Waals surface area contributed by atoms with E-state index in [4.69, 9.17) is 9.31 Å². The second-order valence-electron chi connectivity index (χ2n) is 6.46. The summed E-state index contributed by atoms with van der Waals surface area (Å²) in [7, 11) is -0.314. The van der Waals surface area contributed by atoms with Crippen molar-refractivity contribution in [1.82, 2.24) is 10.3 Å². The van der Waals surface area contributed by atoms with Gasteiger partial charge in [-0.05, 0) is 33.8 Å². The summed E-state index contributed by atoms with van der Waals surface area (Å²) in [5.41, 5.74) is 1.55. The number of rotatable bonds is 2. The summed E-state index contributed by atoms with van der Waals surface area (Å²) in [4.78, 5) is 4.54. The van der Waals surface area contributed by atoms with E-state index in [0.717, 1.165) is 24.2 Å². The third-order valence-electron chi connectivity index (χ3n) is 4.53. The van der Waals surface area contributed by atoms with E-state index in [2.05, 4.69) is 50.1 Å². The van der Waals surface area contributed by atoms with Crippen LogP contribution in [0, 0.1) is 0 Å². The lowest BCUT2D eigenvalue weighted by atomic mass is 9.80. The molecule has 102 valence electrons. The zero-order chi connectivity index (χ0) is 13.7. The van der Waals surface area contributed by atoms with Crippen molar-refractivity contribution in [2.24, 2.45) is 0 Å². The molecule has 5 heteroatoms. The molecule has 19 heavy (non-hydrogen) atoms. The molecule has 4 nitrogen and oxygen atoms in total. The molecule has 1 aromatic rings. The van der Waals surface area contributed by atoms with Gasteiger partial charge >= 0.3 is 7.12 Å². The molecule has 2 saturated heterocycles. The molecule has 2 fully saturated rings. The SMILES string of the molecule is CC1(C)OB(c2ccc(C3CNC3)nc2)OC1(C)C. The van der Waals surface area contributed by atoms with Crippen LogP contribution in [0.15, 0.2) is 18.3 Å². The number of nitrogens with zero attached hydrogens (tertiary/aromatic N) is 1. The second-order valence-corrected chi connectivity index (χ2v) is 6.46. The summed E-state index contributed by atoms with van der Waals surface area (Å²) in [6.07, 6.45) is 1.88. The first-order chi connectivity index (χ1) is 8.89. The van der Waals surface area contributed by atoms with Crippen LogP contribution in [0.3, 0.4) is 0 Å². The molecule has 0 amide bonds. The van der Waals surface area contributed by atoms with Crippen LogP contribution in [0.4, 0.5) is 0 Å². The highest BCUT2D eigenvalue weighted by Gasteiger charge is 2.51. The van der Waals surface area contributed by atoms with Crippen LogP contribution in [0.5, 0.6) is 0 Å². The topological polar surface area (TPSA) is 43.4 Å². The molecular weight excluding hydrogens is 239 g/mol. The van der Waals surface area contributed by atoms with Gasteiger partial charge in [0.25, 0.3) is 0 Å². The minimum absolute atomic E-state index is 0.297. The Kier molecular flexibility index (Phi) is 2.96. The van der Waals surface area contributed by atoms with Crippen molar-refractivity contribution in [3.8, 4) is 0 Å². The van der Waals surface area contributed by atoms with E-state index in [-0.39, 0.29) is 18.3 Å². The van der Waals surface area contributed by atoms with Crippen LogP contribution in [-0.2, 0) is 9.31 Å². The molecule has 1 N–H and O–H groups in total. The molecule has 0 saturated carbocycles. The highest BCUT2D eigenvalue weighted by molar-refractivity contribution is 6.62. The summed E-state index contributed by atoms with van der Waals surface area (Å²) in [5.74, 6) is 0.562. The summed E-state index contributed by atoms with van der Waals surface area (Å²) in [6, 6.07) is 4.16. The Labute approximate surface area is 115 Å². The number of nitrogens with one attached hydrogen (secondary N) is 1. The van der Waals surface area contributed by atoms with E-state index < -0.39 is 0 Å². The maximum atomic E-state index is 6.02. The minimum atomic E-state index is -0.314. The van der Waals surface area contributed by atoms with Crippen molar-refractivity contribution >= 4 is 12.6 Å². The second kappa shape index (κ2) is 4.30. The fourth-order valence-corrected chi connectivity index (χ4v) is 2.27. The van der Waals surface area contributed by atoms with Crippen molar-refractivity contribution in [2.45, 2.75) is 44.8 Å². The summed E-state index contributed by atoms with van der Waals surface area (Å²) in [5, 5.41) is 3.26. The Morgan fingerprint density at radius 1 is 1.16 bits per heavy atom. The number of aromatic nitrogens is 1. The fourth-order valence-electron chi connectivity index (χ4n) is 2.27. The van der Waals surface area contributed by atoms with Gasteiger partial charge in [-0.15, -0.1) is 0 Å². The largest absolute Gasteiger partial charge is 0.496 e. The first-order valence-corrected chi connectivity index (χ1v) is 6.91. The summed E-state index contributed by atoms with van der Waals surface area (Å²) in [6.45, 7) is 10.3. The zero-order valence-corrected chi connectivity index (χ0v) is 12.1. The Hall–Kier alpha value is -0.905. The monoisotopic (exact) mass is 260 g/mol.